The first-order valence-corrected chi connectivity index (χ1v) is 9.18. The van der Waals surface area contributed by atoms with Crippen molar-refractivity contribution in [2.75, 3.05) is 0 Å². The van der Waals surface area contributed by atoms with Crippen LogP contribution in [-0.4, -0.2) is 21.1 Å². The third-order valence-corrected chi connectivity index (χ3v) is 4.89. The Balaban J connectivity index is 2.17. The van der Waals surface area contributed by atoms with E-state index in [2.05, 4.69) is 20.8 Å². The summed E-state index contributed by atoms with van der Waals surface area (Å²) in [7, 11) is 0. The normalized spacial score (nSPS) is 15.6. The van der Waals surface area contributed by atoms with Crippen LogP contribution in [0.25, 0.3) is 6.08 Å². The summed E-state index contributed by atoms with van der Waals surface area (Å²) < 4.78 is 5.53. The molecular formula is C23H26O5. The quantitative estimate of drug-likeness (QED) is 0.476. The van der Waals surface area contributed by atoms with Gasteiger partial charge in [0.05, 0.1) is 5.56 Å². The Morgan fingerprint density at radius 3 is 2.11 bits per heavy atom. The topological polar surface area (TPSA) is 87.0 Å². The van der Waals surface area contributed by atoms with Gasteiger partial charge in [-0.05, 0) is 40.7 Å². The molecule has 2 aromatic rings. The summed E-state index contributed by atoms with van der Waals surface area (Å²) >= 11 is 0. The fourth-order valence-corrected chi connectivity index (χ4v) is 3.14. The summed E-state index contributed by atoms with van der Waals surface area (Å²) in [6, 6.07) is 6.48. The first kappa shape index (κ1) is 19.8. The van der Waals surface area contributed by atoms with Crippen LogP contribution in [0.15, 0.2) is 30.0 Å². The van der Waals surface area contributed by atoms with Gasteiger partial charge >= 0.3 is 0 Å². The molecule has 2 aromatic carbocycles. The van der Waals surface area contributed by atoms with Crippen LogP contribution in [0.5, 0.6) is 23.0 Å². The van der Waals surface area contributed by atoms with Gasteiger partial charge in [-0.25, -0.2) is 0 Å². The Hall–Kier alpha value is -2.95. The fourth-order valence-electron chi connectivity index (χ4n) is 3.14. The number of ether oxygens (including phenoxy) is 1. The lowest BCUT2D eigenvalue weighted by Crippen LogP contribution is -2.17. The molecule has 1 aliphatic heterocycles. The van der Waals surface area contributed by atoms with Gasteiger partial charge in [-0.15, -0.1) is 0 Å². The third-order valence-electron chi connectivity index (χ3n) is 4.89. The maximum absolute atomic E-state index is 12.7. The Labute approximate surface area is 164 Å². The number of benzene rings is 2. The van der Waals surface area contributed by atoms with Gasteiger partial charge in [0.15, 0.2) is 17.3 Å². The molecule has 0 spiro atoms. The van der Waals surface area contributed by atoms with E-state index in [1.807, 2.05) is 32.9 Å². The van der Waals surface area contributed by atoms with E-state index in [-0.39, 0.29) is 39.4 Å². The summed E-state index contributed by atoms with van der Waals surface area (Å²) in [4.78, 5) is 12.7. The minimum Gasteiger partial charge on any atom is -0.507 e. The summed E-state index contributed by atoms with van der Waals surface area (Å²) in [5.74, 6) is -1.25. The number of hydrogen-bond donors (Lipinski definition) is 3. The average Bonchev–Trinajstić information content (AvgIpc) is 2.87. The lowest BCUT2D eigenvalue weighted by molar-refractivity contribution is 0.101. The van der Waals surface area contributed by atoms with Gasteiger partial charge in [-0.3, -0.25) is 4.79 Å². The minimum atomic E-state index is -0.475. The van der Waals surface area contributed by atoms with E-state index in [1.54, 1.807) is 0 Å². The number of carbonyl (C=O) groups is 1. The maximum Gasteiger partial charge on any atom is 0.232 e. The van der Waals surface area contributed by atoms with Crippen molar-refractivity contribution in [3.63, 3.8) is 0 Å². The molecule has 0 fully saturated rings. The number of ketones is 1. The molecular weight excluding hydrogens is 356 g/mol. The second-order valence-corrected chi connectivity index (χ2v) is 9.21. The largest absolute Gasteiger partial charge is 0.507 e. The van der Waals surface area contributed by atoms with E-state index in [0.717, 1.165) is 11.1 Å². The second-order valence-electron chi connectivity index (χ2n) is 9.21. The number of fused-ring (bicyclic) bond motifs is 1. The van der Waals surface area contributed by atoms with E-state index < -0.39 is 11.5 Å². The molecule has 0 saturated heterocycles. The monoisotopic (exact) mass is 382 g/mol. The lowest BCUT2D eigenvalue weighted by Gasteiger charge is -2.27. The van der Waals surface area contributed by atoms with Gasteiger partial charge in [-0.2, -0.15) is 0 Å². The lowest BCUT2D eigenvalue weighted by atomic mass is 9.79. The molecule has 0 bridgehead atoms. The Kier molecular flexibility index (Phi) is 4.45. The van der Waals surface area contributed by atoms with Gasteiger partial charge in [0, 0.05) is 11.1 Å². The molecule has 0 amide bonds. The van der Waals surface area contributed by atoms with Crippen molar-refractivity contribution in [2.45, 2.75) is 52.4 Å². The molecule has 0 atom stereocenters. The fraction of sp³-hybridized carbons (Fsp3) is 0.348. The number of phenols is 3. The number of Topliss-reactive ketones (excluding diaryl/α,β-unsaturated/α-hetero) is 1. The standard InChI is InChI=1S/C23H26O5/c1-22(2,3)13-9-12(18(25)15(11-13)23(4,5)6)10-17-19(26)14-7-8-16(24)20(27)21(14)28-17/h7-11,24-25,27H,1-6H3. The Morgan fingerprint density at radius 1 is 0.893 bits per heavy atom. The smallest absolute Gasteiger partial charge is 0.232 e. The van der Waals surface area contributed by atoms with Crippen LogP contribution >= 0.6 is 0 Å². The molecule has 28 heavy (non-hydrogen) atoms. The summed E-state index contributed by atoms with van der Waals surface area (Å²) in [6.45, 7) is 12.3. The molecule has 0 aliphatic carbocycles. The zero-order valence-corrected chi connectivity index (χ0v) is 17.0. The van der Waals surface area contributed by atoms with Gasteiger partial charge in [0.1, 0.15) is 5.75 Å². The molecule has 3 N–H and O–H groups in total. The molecule has 1 heterocycles. The number of allylic oxidation sites excluding steroid dienone is 1. The molecule has 1 aliphatic rings. The number of phenolic OH excluding ortho intramolecular Hbond substituents is 3. The van der Waals surface area contributed by atoms with Gasteiger partial charge < -0.3 is 20.1 Å². The number of hydrogen-bond acceptors (Lipinski definition) is 5. The van der Waals surface area contributed by atoms with Crippen LogP contribution < -0.4 is 4.74 Å². The van der Waals surface area contributed by atoms with E-state index in [0.29, 0.717) is 5.56 Å². The van der Waals surface area contributed by atoms with Crippen LogP contribution in [0.2, 0.25) is 0 Å². The molecule has 0 unspecified atom stereocenters. The number of carbonyl (C=O) groups excluding carboxylic acids is 1. The summed E-state index contributed by atoms with van der Waals surface area (Å²) in [6.07, 6.45) is 1.48. The SMILES string of the molecule is CC(C)(C)c1cc(C=C2Oc3c(ccc(O)c3O)C2=O)c(O)c(C(C)(C)C)c1. The summed E-state index contributed by atoms with van der Waals surface area (Å²) in [5, 5.41) is 30.5. The predicted octanol–water partition coefficient (Wildman–Crippen LogP) is 5.01. The van der Waals surface area contributed by atoms with Crippen LogP contribution in [0.1, 0.15) is 68.6 Å². The molecule has 0 radical (unpaired) electrons. The first-order chi connectivity index (χ1) is 12.8. The number of rotatable bonds is 1. The first-order valence-electron chi connectivity index (χ1n) is 9.18. The number of aromatic hydroxyl groups is 3. The average molecular weight is 382 g/mol. The molecule has 0 saturated carbocycles. The van der Waals surface area contributed by atoms with Crippen molar-refractivity contribution >= 4 is 11.9 Å². The third kappa shape index (κ3) is 3.33. The Bertz CT molecular complexity index is 1000. The van der Waals surface area contributed by atoms with Crippen molar-refractivity contribution in [2.24, 2.45) is 0 Å². The van der Waals surface area contributed by atoms with Crippen molar-refractivity contribution in [3.8, 4) is 23.0 Å². The molecule has 148 valence electrons. The maximum atomic E-state index is 12.7. The highest BCUT2D eigenvalue weighted by atomic mass is 16.5. The molecule has 5 heteroatoms. The molecule has 0 aromatic heterocycles. The van der Waals surface area contributed by atoms with E-state index in [1.165, 1.54) is 18.2 Å². The van der Waals surface area contributed by atoms with E-state index in [4.69, 9.17) is 4.74 Å². The van der Waals surface area contributed by atoms with Crippen molar-refractivity contribution in [1.82, 2.24) is 0 Å². The van der Waals surface area contributed by atoms with Crippen LogP contribution in [0.4, 0.5) is 0 Å². The van der Waals surface area contributed by atoms with Crippen LogP contribution in [0.3, 0.4) is 0 Å². The van der Waals surface area contributed by atoms with Gasteiger partial charge in [0.2, 0.25) is 11.5 Å². The van der Waals surface area contributed by atoms with Crippen molar-refractivity contribution in [1.29, 1.82) is 0 Å². The molecule has 5 nitrogen and oxygen atoms in total. The van der Waals surface area contributed by atoms with Crippen LogP contribution in [-0.2, 0) is 10.8 Å². The van der Waals surface area contributed by atoms with Crippen molar-refractivity contribution < 1.29 is 24.9 Å². The minimum absolute atomic E-state index is 0.0166. The van der Waals surface area contributed by atoms with E-state index >= 15 is 0 Å². The highest BCUT2D eigenvalue weighted by molar-refractivity contribution is 6.15. The van der Waals surface area contributed by atoms with Gasteiger partial charge in [-0.1, -0.05) is 47.6 Å². The van der Waals surface area contributed by atoms with Crippen LogP contribution in [0, 0.1) is 0 Å². The highest BCUT2D eigenvalue weighted by Crippen LogP contribution is 2.45. The summed E-state index contributed by atoms with van der Waals surface area (Å²) in [5.41, 5.74) is 1.97. The van der Waals surface area contributed by atoms with Crippen molar-refractivity contribution in [3.05, 3.63) is 52.3 Å². The van der Waals surface area contributed by atoms with Gasteiger partial charge in [0.25, 0.3) is 0 Å². The zero-order valence-electron chi connectivity index (χ0n) is 17.0. The zero-order chi connectivity index (χ0) is 21.0. The highest BCUT2D eigenvalue weighted by Gasteiger charge is 2.32. The second kappa shape index (κ2) is 6.30. The molecule has 3 rings (SSSR count). The predicted molar refractivity (Wildman–Crippen MR) is 108 cm³/mol. The Morgan fingerprint density at radius 2 is 1.54 bits per heavy atom. The van der Waals surface area contributed by atoms with E-state index in [9.17, 15) is 20.1 Å².